The lowest BCUT2D eigenvalue weighted by molar-refractivity contribution is -0.136. The summed E-state index contributed by atoms with van der Waals surface area (Å²) in [6, 6.07) is 3.80. The number of halogens is 4. The van der Waals surface area contributed by atoms with E-state index in [4.69, 9.17) is 11.6 Å². The largest absolute Gasteiger partial charge is 0.418 e. The molecule has 0 fully saturated rings. The van der Waals surface area contributed by atoms with Crippen LogP contribution in [-0.2, 0) is 13.2 Å². The molecule has 0 aliphatic rings. The maximum absolute atomic E-state index is 13.3. The minimum atomic E-state index is -4.55. The number of benzene rings is 1. The monoisotopic (exact) mass is 380 g/mol. The minimum Gasteiger partial charge on any atom is -0.272 e. The summed E-state index contributed by atoms with van der Waals surface area (Å²) in [6.45, 7) is 3.68. The van der Waals surface area contributed by atoms with Gasteiger partial charge in [-0.05, 0) is 37.6 Å². The van der Waals surface area contributed by atoms with E-state index in [1.165, 1.54) is 16.6 Å². The fourth-order valence-corrected chi connectivity index (χ4v) is 3.23. The Kier molecular flexibility index (Phi) is 3.49. The maximum Gasteiger partial charge on any atom is 0.418 e. The van der Waals surface area contributed by atoms with Gasteiger partial charge in [-0.3, -0.25) is 4.68 Å². The number of fused-ring (bicyclic) bond motifs is 3. The molecular weight excluding hydrogens is 369 g/mol. The Bertz CT molecular complexity index is 1170. The summed E-state index contributed by atoms with van der Waals surface area (Å²) in [5.74, 6) is 0.335. The van der Waals surface area contributed by atoms with Crippen molar-refractivity contribution < 1.29 is 13.2 Å². The highest BCUT2D eigenvalue weighted by atomic mass is 35.5. The van der Waals surface area contributed by atoms with Crippen LogP contribution in [0, 0.1) is 13.8 Å². The van der Waals surface area contributed by atoms with E-state index in [0.29, 0.717) is 17.1 Å². The van der Waals surface area contributed by atoms with E-state index in [1.54, 1.807) is 11.7 Å². The van der Waals surface area contributed by atoms with Crippen molar-refractivity contribution in [3.63, 3.8) is 0 Å². The molecule has 0 unspecified atom stereocenters. The fourth-order valence-electron chi connectivity index (χ4n) is 3.03. The van der Waals surface area contributed by atoms with E-state index in [1.807, 2.05) is 13.8 Å². The van der Waals surface area contributed by atoms with Crippen LogP contribution in [0.1, 0.15) is 17.0 Å². The first kappa shape index (κ1) is 16.8. The van der Waals surface area contributed by atoms with Gasteiger partial charge in [-0.25, -0.2) is 9.97 Å². The van der Waals surface area contributed by atoms with Gasteiger partial charge in [-0.1, -0.05) is 6.07 Å². The first-order chi connectivity index (χ1) is 12.2. The number of para-hydroxylation sites is 1. The standard InChI is InChI=1S/C16H12ClF3N6/c1-7-11(8(2)25(3)23-7)13-22-14-9-5-4-6-10(16(18,19)20)12(9)21-15(17)26(14)24-13/h4-6H,1-3H3. The predicted molar refractivity (Wildman–Crippen MR) is 90.0 cm³/mol. The van der Waals surface area contributed by atoms with Crippen molar-refractivity contribution in [1.82, 2.24) is 29.4 Å². The molecule has 1 aromatic carbocycles. The lowest BCUT2D eigenvalue weighted by Gasteiger charge is -2.10. The van der Waals surface area contributed by atoms with Gasteiger partial charge in [0.1, 0.15) is 0 Å². The molecule has 3 aromatic heterocycles. The van der Waals surface area contributed by atoms with E-state index in [0.717, 1.165) is 11.8 Å². The Morgan fingerprint density at radius 2 is 1.81 bits per heavy atom. The Labute approximate surface area is 150 Å². The van der Waals surface area contributed by atoms with E-state index >= 15 is 0 Å². The van der Waals surface area contributed by atoms with Crippen LogP contribution >= 0.6 is 11.6 Å². The normalized spacial score (nSPS) is 12.4. The van der Waals surface area contributed by atoms with E-state index in [-0.39, 0.29) is 21.8 Å². The number of aromatic nitrogens is 6. The second-order valence-corrected chi connectivity index (χ2v) is 6.26. The molecule has 3 heterocycles. The first-order valence-corrected chi connectivity index (χ1v) is 7.99. The zero-order chi connectivity index (χ0) is 18.8. The third-order valence-electron chi connectivity index (χ3n) is 4.30. The van der Waals surface area contributed by atoms with Crippen LogP contribution in [-0.4, -0.2) is 29.4 Å². The van der Waals surface area contributed by atoms with Crippen LogP contribution in [0.3, 0.4) is 0 Å². The smallest absolute Gasteiger partial charge is 0.272 e. The van der Waals surface area contributed by atoms with Crippen LogP contribution in [0.4, 0.5) is 13.2 Å². The van der Waals surface area contributed by atoms with Crippen LogP contribution in [0.2, 0.25) is 5.28 Å². The molecule has 0 radical (unpaired) electrons. The molecule has 4 rings (SSSR count). The molecule has 0 N–H and O–H groups in total. The number of aryl methyl sites for hydroxylation is 2. The van der Waals surface area contributed by atoms with Gasteiger partial charge in [0.15, 0.2) is 11.5 Å². The van der Waals surface area contributed by atoms with Gasteiger partial charge in [0.25, 0.3) is 0 Å². The zero-order valence-corrected chi connectivity index (χ0v) is 14.7. The highest BCUT2D eigenvalue weighted by molar-refractivity contribution is 6.29. The van der Waals surface area contributed by atoms with Crippen LogP contribution in [0.5, 0.6) is 0 Å². The number of hydrogen-bond acceptors (Lipinski definition) is 4. The topological polar surface area (TPSA) is 60.9 Å². The van der Waals surface area contributed by atoms with Gasteiger partial charge in [-0.15, -0.1) is 5.10 Å². The van der Waals surface area contributed by atoms with Gasteiger partial charge < -0.3 is 0 Å². The molecule has 0 atom stereocenters. The number of nitrogens with zero attached hydrogens (tertiary/aromatic N) is 6. The summed E-state index contributed by atoms with van der Waals surface area (Å²) >= 11 is 6.10. The van der Waals surface area contributed by atoms with Gasteiger partial charge in [0.2, 0.25) is 5.28 Å². The number of rotatable bonds is 1. The summed E-state index contributed by atoms with van der Waals surface area (Å²) in [5.41, 5.74) is 1.36. The van der Waals surface area contributed by atoms with Gasteiger partial charge in [0.05, 0.1) is 22.3 Å². The highest BCUT2D eigenvalue weighted by Crippen LogP contribution is 2.36. The second-order valence-electron chi connectivity index (χ2n) is 5.92. The summed E-state index contributed by atoms with van der Waals surface area (Å²) in [5, 5.41) is 8.69. The molecule has 0 spiro atoms. The van der Waals surface area contributed by atoms with Crippen LogP contribution in [0.15, 0.2) is 18.2 Å². The van der Waals surface area contributed by atoms with Gasteiger partial charge >= 0.3 is 6.18 Å². The van der Waals surface area contributed by atoms with E-state index < -0.39 is 11.7 Å². The molecule has 10 heteroatoms. The van der Waals surface area contributed by atoms with Crippen molar-refractivity contribution in [3.8, 4) is 11.4 Å². The molecule has 6 nitrogen and oxygen atoms in total. The van der Waals surface area contributed by atoms with Crippen molar-refractivity contribution in [2.45, 2.75) is 20.0 Å². The van der Waals surface area contributed by atoms with Gasteiger partial charge in [-0.2, -0.15) is 22.8 Å². The third kappa shape index (κ3) is 2.34. The first-order valence-electron chi connectivity index (χ1n) is 7.61. The molecule has 0 bridgehead atoms. The van der Waals surface area contributed by atoms with Crippen LogP contribution < -0.4 is 0 Å². The fraction of sp³-hybridized carbons (Fsp3) is 0.250. The summed E-state index contributed by atoms with van der Waals surface area (Å²) in [6.07, 6.45) is -4.55. The Morgan fingerprint density at radius 1 is 1.08 bits per heavy atom. The summed E-state index contributed by atoms with van der Waals surface area (Å²) < 4.78 is 42.8. The average Bonchev–Trinajstić information content (AvgIpc) is 3.08. The van der Waals surface area contributed by atoms with Crippen molar-refractivity contribution in [2.75, 3.05) is 0 Å². The third-order valence-corrected chi connectivity index (χ3v) is 4.55. The van der Waals surface area contributed by atoms with Crippen molar-refractivity contribution >= 4 is 28.2 Å². The average molecular weight is 381 g/mol. The molecule has 0 saturated carbocycles. The molecule has 0 aliphatic heterocycles. The molecular formula is C16H12ClF3N6. The summed E-state index contributed by atoms with van der Waals surface area (Å²) in [7, 11) is 1.79. The van der Waals surface area contributed by atoms with Crippen molar-refractivity contribution in [1.29, 1.82) is 0 Å². The molecule has 4 aromatic rings. The quantitative estimate of drug-likeness (QED) is 0.469. The molecule has 26 heavy (non-hydrogen) atoms. The van der Waals surface area contributed by atoms with Crippen molar-refractivity contribution in [3.05, 3.63) is 40.4 Å². The minimum absolute atomic E-state index is 0.192. The highest BCUT2D eigenvalue weighted by Gasteiger charge is 2.34. The lowest BCUT2D eigenvalue weighted by atomic mass is 10.1. The Hall–Kier alpha value is -2.68. The zero-order valence-electron chi connectivity index (χ0n) is 13.9. The Morgan fingerprint density at radius 3 is 2.42 bits per heavy atom. The van der Waals surface area contributed by atoms with Crippen LogP contribution in [0.25, 0.3) is 27.9 Å². The SMILES string of the molecule is Cc1nn(C)c(C)c1-c1nc2c3cccc(C(F)(F)F)c3nc(Cl)n2n1. The maximum atomic E-state index is 13.3. The molecule has 0 saturated heterocycles. The summed E-state index contributed by atoms with van der Waals surface area (Å²) in [4.78, 5) is 8.35. The van der Waals surface area contributed by atoms with Gasteiger partial charge in [0, 0.05) is 18.1 Å². The number of alkyl halides is 3. The molecule has 134 valence electrons. The lowest BCUT2D eigenvalue weighted by Crippen LogP contribution is -2.07. The number of hydrogen-bond donors (Lipinski definition) is 0. The van der Waals surface area contributed by atoms with E-state index in [2.05, 4.69) is 20.2 Å². The predicted octanol–water partition coefficient (Wildman–Crippen LogP) is 3.97. The molecule has 0 aliphatic carbocycles. The Balaban J connectivity index is 2.08. The van der Waals surface area contributed by atoms with Crippen molar-refractivity contribution in [2.24, 2.45) is 7.05 Å². The van der Waals surface area contributed by atoms with E-state index in [9.17, 15) is 13.2 Å². The molecule has 0 amide bonds. The second kappa shape index (κ2) is 5.41.